The second-order valence-electron chi connectivity index (χ2n) is 5.46. The zero-order valence-corrected chi connectivity index (χ0v) is 13.3. The molecule has 0 aliphatic carbocycles. The van der Waals surface area contributed by atoms with Crippen molar-refractivity contribution in [2.45, 2.75) is 44.9 Å². The van der Waals surface area contributed by atoms with Crippen molar-refractivity contribution in [1.82, 2.24) is 10.6 Å². The highest BCUT2D eigenvalue weighted by molar-refractivity contribution is 7.10. The largest absolute Gasteiger partial charge is 0.387 e. The fourth-order valence-electron chi connectivity index (χ4n) is 1.63. The first-order chi connectivity index (χ1) is 9.34. The Hall–Kier alpha value is -1.11. The van der Waals surface area contributed by atoms with Crippen molar-refractivity contribution in [1.29, 1.82) is 0 Å². The van der Waals surface area contributed by atoms with Crippen LogP contribution in [0.25, 0.3) is 0 Å². The van der Waals surface area contributed by atoms with E-state index in [-0.39, 0.29) is 12.1 Å². The topological polar surface area (TPSA) is 70.6 Å². The Bertz CT molecular complexity index is 407. The minimum absolute atomic E-state index is 0.113. The Labute approximate surface area is 124 Å². The molecule has 1 aromatic heterocycles. The molecule has 2 atom stereocenters. The zero-order valence-electron chi connectivity index (χ0n) is 12.5. The summed E-state index contributed by atoms with van der Waals surface area (Å²) in [5, 5.41) is 17.5. The molecule has 1 rings (SSSR count). The predicted octanol–water partition coefficient (Wildman–Crippen LogP) is 2.28. The number of rotatable bonds is 7. The Morgan fingerprint density at radius 2 is 2.25 bits per heavy atom. The Morgan fingerprint density at radius 1 is 1.55 bits per heavy atom. The molecule has 6 heteroatoms. The summed E-state index contributed by atoms with van der Waals surface area (Å²) in [6.07, 6.45) is -0.0533. The SMILES string of the molecule is COC(C)(C)CNC(=O)NC(C)CC(O)c1cccs1. The third-order valence-electron chi connectivity index (χ3n) is 3.05. The van der Waals surface area contributed by atoms with Gasteiger partial charge in [-0.1, -0.05) is 6.07 Å². The highest BCUT2D eigenvalue weighted by Gasteiger charge is 2.19. The Balaban J connectivity index is 2.31. The number of ether oxygens (including phenoxy) is 1. The third kappa shape index (κ3) is 5.90. The molecular formula is C14H24N2O3S. The van der Waals surface area contributed by atoms with Gasteiger partial charge in [-0.3, -0.25) is 0 Å². The number of amides is 2. The van der Waals surface area contributed by atoms with Crippen LogP contribution in [0.1, 0.15) is 38.2 Å². The first-order valence-electron chi connectivity index (χ1n) is 6.65. The number of hydrogen-bond donors (Lipinski definition) is 3. The number of hydrogen-bond acceptors (Lipinski definition) is 4. The van der Waals surface area contributed by atoms with Gasteiger partial charge in [-0.15, -0.1) is 11.3 Å². The summed E-state index contributed by atoms with van der Waals surface area (Å²) >= 11 is 1.51. The van der Waals surface area contributed by atoms with Gasteiger partial charge in [0.05, 0.1) is 11.7 Å². The summed E-state index contributed by atoms with van der Waals surface area (Å²) in [7, 11) is 1.61. The molecule has 0 aliphatic rings. The molecule has 0 saturated carbocycles. The average molecular weight is 300 g/mol. The number of methoxy groups -OCH3 is 1. The van der Waals surface area contributed by atoms with Crippen molar-refractivity contribution in [2.75, 3.05) is 13.7 Å². The summed E-state index contributed by atoms with van der Waals surface area (Å²) in [4.78, 5) is 12.6. The number of aliphatic hydroxyl groups is 1. The molecule has 3 N–H and O–H groups in total. The molecule has 0 aromatic carbocycles. The maximum absolute atomic E-state index is 11.7. The van der Waals surface area contributed by atoms with Gasteiger partial charge in [0.1, 0.15) is 0 Å². The molecule has 0 spiro atoms. The van der Waals surface area contributed by atoms with Crippen LogP contribution in [0, 0.1) is 0 Å². The maximum Gasteiger partial charge on any atom is 0.315 e. The van der Waals surface area contributed by atoms with Crippen LogP contribution in [-0.2, 0) is 4.74 Å². The number of carbonyl (C=O) groups is 1. The fraction of sp³-hybridized carbons (Fsp3) is 0.643. The van der Waals surface area contributed by atoms with Crippen molar-refractivity contribution < 1.29 is 14.6 Å². The number of carbonyl (C=O) groups excluding carboxylic acids is 1. The molecule has 1 aromatic rings. The van der Waals surface area contributed by atoms with Crippen LogP contribution >= 0.6 is 11.3 Å². The smallest absolute Gasteiger partial charge is 0.315 e. The van der Waals surface area contributed by atoms with Crippen molar-refractivity contribution in [3.8, 4) is 0 Å². The summed E-state index contributed by atoms with van der Waals surface area (Å²) in [5.41, 5.74) is -0.392. The second-order valence-corrected chi connectivity index (χ2v) is 6.44. The van der Waals surface area contributed by atoms with Gasteiger partial charge < -0.3 is 20.5 Å². The van der Waals surface area contributed by atoms with E-state index in [1.165, 1.54) is 11.3 Å². The second kappa shape index (κ2) is 7.61. The van der Waals surface area contributed by atoms with Gasteiger partial charge in [0.15, 0.2) is 0 Å². The maximum atomic E-state index is 11.7. The van der Waals surface area contributed by atoms with E-state index in [4.69, 9.17) is 4.74 Å². The minimum atomic E-state index is -0.541. The molecule has 0 saturated heterocycles. The molecule has 5 nitrogen and oxygen atoms in total. The number of aliphatic hydroxyl groups excluding tert-OH is 1. The predicted molar refractivity (Wildman–Crippen MR) is 81.0 cm³/mol. The van der Waals surface area contributed by atoms with Crippen molar-refractivity contribution in [3.63, 3.8) is 0 Å². The normalized spacial score (nSPS) is 14.7. The van der Waals surface area contributed by atoms with Crippen LogP contribution in [0.3, 0.4) is 0 Å². The molecule has 0 fully saturated rings. The van der Waals surface area contributed by atoms with Crippen molar-refractivity contribution in [3.05, 3.63) is 22.4 Å². The van der Waals surface area contributed by atoms with Gasteiger partial charge in [-0.2, -0.15) is 0 Å². The van der Waals surface area contributed by atoms with Gasteiger partial charge >= 0.3 is 6.03 Å². The third-order valence-corrected chi connectivity index (χ3v) is 4.03. The van der Waals surface area contributed by atoms with E-state index in [2.05, 4.69) is 10.6 Å². The van der Waals surface area contributed by atoms with Gasteiger partial charge in [0.25, 0.3) is 0 Å². The quantitative estimate of drug-likeness (QED) is 0.723. The van der Waals surface area contributed by atoms with E-state index in [0.29, 0.717) is 13.0 Å². The van der Waals surface area contributed by atoms with Crippen LogP contribution in [0.2, 0.25) is 0 Å². The Morgan fingerprint density at radius 3 is 2.80 bits per heavy atom. The molecule has 0 aliphatic heterocycles. The molecule has 1 heterocycles. The lowest BCUT2D eigenvalue weighted by Gasteiger charge is -2.24. The first kappa shape index (κ1) is 16.9. The van der Waals surface area contributed by atoms with E-state index >= 15 is 0 Å². The summed E-state index contributed by atoms with van der Waals surface area (Å²) in [6.45, 7) is 6.10. The van der Waals surface area contributed by atoms with E-state index in [1.807, 2.05) is 38.3 Å². The Kier molecular flexibility index (Phi) is 6.45. The van der Waals surface area contributed by atoms with Crippen molar-refractivity contribution >= 4 is 17.4 Å². The van der Waals surface area contributed by atoms with E-state index in [9.17, 15) is 9.90 Å². The molecule has 0 bridgehead atoms. The lowest BCUT2D eigenvalue weighted by atomic mass is 10.1. The van der Waals surface area contributed by atoms with E-state index in [0.717, 1.165) is 4.88 Å². The van der Waals surface area contributed by atoms with E-state index in [1.54, 1.807) is 7.11 Å². The van der Waals surface area contributed by atoms with Crippen molar-refractivity contribution in [2.24, 2.45) is 0 Å². The molecule has 20 heavy (non-hydrogen) atoms. The summed E-state index contributed by atoms with van der Waals surface area (Å²) < 4.78 is 5.23. The van der Waals surface area contributed by atoms with Gasteiger partial charge in [-0.25, -0.2) is 4.79 Å². The molecule has 2 unspecified atom stereocenters. The van der Waals surface area contributed by atoms with Gasteiger partial charge in [-0.05, 0) is 38.6 Å². The number of urea groups is 1. The highest BCUT2D eigenvalue weighted by atomic mass is 32.1. The van der Waals surface area contributed by atoms with Crippen LogP contribution in [0.4, 0.5) is 4.79 Å². The van der Waals surface area contributed by atoms with Crippen LogP contribution in [-0.4, -0.2) is 36.4 Å². The van der Waals surface area contributed by atoms with Gasteiger partial charge in [0.2, 0.25) is 0 Å². The van der Waals surface area contributed by atoms with E-state index < -0.39 is 11.7 Å². The number of nitrogens with one attached hydrogen (secondary N) is 2. The zero-order chi connectivity index (χ0) is 15.2. The van der Waals surface area contributed by atoms with Gasteiger partial charge in [0, 0.05) is 24.6 Å². The molecular weight excluding hydrogens is 276 g/mol. The minimum Gasteiger partial charge on any atom is -0.387 e. The summed E-state index contributed by atoms with van der Waals surface area (Å²) in [5.74, 6) is 0. The molecule has 0 radical (unpaired) electrons. The van der Waals surface area contributed by atoms with Crippen LogP contribution < -0.4 is 10.6 Å². The van der Waals surface area contributed by atoms with Crippen LogP contribution in [0.15, 0.2) is 17.5 Å². The monoisotopic (exact) mass is 300 g/mol. The van der Waals surface area contributed by atoms with Crippen LogP contribution in [0.5, 0.6) is 0 Å². The summed E-state index contributed by atoms with van der Waals surface area (Å²) in [6, 6.07) is 3.43. The molecule has 2 amide bonds. The molecule has 114 valence electrons. The highest BCUT2D eigenvalue weighted by Crippen LogP contribution is 2.22. The lowest BCUT2D eigenvalue weighted by molar-refractivity contribution is 0.0252. The lowest BCUT2D eigenvalue weighted by Crippen LogP contribution is -2.46. The standard InChI is InChI=1S/C14H24N2O3S/c1-10(8-11(17)12-6-5-7-20-12)16-13(18)15-9-14(2,3)19-4/h5-7,10-11,17H,8-9H2,1-4H3,(H2,15,16,18). The average Bonchev–Trinajstić information content (AvgIpc) is 2.90. The fourth-order valence-corrected chi connectivity index (χ4v) is 2.36. The number of thiophene rings is 1. The first-order valence-corrected chi connectivity index (χ1v) is 7.53.